The Balaban J connectivity index is 2.67. The lowest BCUT2D eigenvalue weighted by Gasteiger charge is -2.03. The van der Waals surface area contributed by atoms with Crippen LogP contribution in [0.4, 0.5) is 0 Å². The number of rotatable bonds is 4. The van der Waals surface area contributed by atoms with Crippen LogP contribution < -0.4 is 0 Å². The number of carbonyl (C=O) groups is 1. The fourth-order valence-electron chi connectivity index (χ4n) is 1.30. The third kappa shape index (κ3) is 2.94. The molecule has 0 aromatic carbocycles. The average molecular weight is 208 g/mol. The highest BCUT2D eigenvalue weighted by Gasteiger charge is 2.03. The molecule has 0 radical (unpaired) electrons. The highest BCUT2D eigenvalue weighted by Crippen LogP contribution is 2.02. The molecule has 0 aliphatic heterocycles. The van der Waals surface area contributed by atoms with Gasteiger partial charge in [0.05, 0.1) is 7.11 Å². The van der Waals surface area contributed by atoms with Gasteiger partial charge in [0, 0.05) is 30.9 Å². The van der Waals surface area contributed by atoms with E-state index in [1.807, 2.05) is 16.8 Å². The van der Waals surface area contributed by atoms with Crippen molar-refractivity contribution < 1.29 is 9.53 Å². The molecule has 0 amide bonds. The Hall–Kier alpha value is -1.58. The van der Waals surface area contributed by atoms with Crippen molar-refractivity contribution in [1.82, 2.24) is 9.55 Å². The summed E-state index contributed by atoms with van der Waals surface area (Å²) >= 11 is 0. The van der Waals surface area contributed by atoms with E-state index in [2.05, 4.69) is 16.6 Å². The lowest BCUT2D eigenvalue weighted by atomic mass is 10.3. The number of esters is 1. The molecule has 0 aliphatic carbocycles. The maximum atomic E-state index is 11.1. The van der Waals surface area contributed by atoms with Gasteiger partial charge in [-0.2, -0.15) is 0 Å². The van der Waals surface area contributed by atoms with Gasteiger partial charge in [-0.15, -0.1) is 0 Å². The van der Waals surface area contributed by atoms with E-state index in [4.69, 9.17) is 0 Å². The first-order valence-electron chi connectivity index (χ1n) is 4.94. The molecule has 82 valence electrons. The molecule has 0 N–H and O–H groups in total. The van der Waals surface area contributed by atoms with Crippen LogP contribution in [0.15, 0.2) is 24.0 Å². The fourth-order valence-corrected chi connectivity index (χ4v) is 1.30. The summed E-state index contributed by atoms with van der Waals surface area (Å²) in [5.41, 5.74) is 0.619. The fraction of sp³-hybridized carbons (Fsp3) is 0.455. The monoisotopic (exact) mass is 208 g/mol. The largest absolute Gasteiger partial charge is 0.466 e. The number of methoxy groups -OCH3 is 1. The first-order chi connectivity index (χ1) is 7.19. The molecular formula is C11H16N2O2. The summed E-state index contributed by atoms with van der Waals surface area (Å²) in [5, 5.41) is 0. The SMILES string of the molecule is CCc1nccn1CC=C(C)C(=O)OC. The van der Waals surface area contributed by atoms with E-state index in [-0.39, 0.29) is 5.97 Å². The zero-order chi connectivity index (χ0) is 11.3. The van der Waals surface area contributed by atoms with Gasteiger partial charge in [0.1, 0.15) is 5.82 Å². The Kier molecular flexibility index (Phi) is 4.09. The van der Waals surface area contributed by atoms with Crippen LogP contribution >= 0.6 is 0 Å². The Labute approximate surface area is 89.6 Å². The van der Waals surface area contributed by atoms with Crippen LogP contribution in [-0.2, 0) is 22.5 Å². The summed E-state index contributed by atoms with van der Waals surface area (Å²) in [6, 6.07) is 0. The zero-order valence-corrected chi connectivity index (χ0v) is 9.36. The van der Waals surface area contributed by atoms with Crippen molar-refractivity contribution in [2.75, 3.05) is 7.11 Å². The lowest BCUT2D eigenvalue weighted by Crippen LogP contribution is -2.05. The first-order valence-corrected chi connectivity index (χ1v) is 4.94. The van der Waals surface area contributed by atoms with Crippen LogP contribution in [-0.4, -0.2) is 22.6 Å². The standard InChI is InChI=1S/C11H16N2O2/c1-4-10-12-6-8-13(10)7-5-9(2)11(14)15-3/h5-6,8H,4,7H2,1-3H3. The van der Waals surface area contributed by atoms with Gasteiger partial charge in [-0.3, -0.25) is 0 Å². The molecule has 1 heterocycles. The van der Waals surface area contributed by atoms with Crippen molar-refractivity contribution in [3.8, 4) is 0 Å². The molecule has 1 aromatic heterocycles. The minimum Gasteiger partial charge on any atom is -0.466 e. The quantitative estimate of drug-likeness (QED) is 0.557. The van der Waals surface area contributed by atoms with Gasteiger partial charge in [-0.25, -0.2) is 9.78 Å². The third-order valence-corrected chi connectivity index (χ3v) is 2.22. The molecule has 4 heteroatoms. The first kappa shape index (κ1) is 11.5. The van der Waals surface area contributed by atoms with Crippen molar-refractivity contribution in [2.45, 2.75) is 26.8 Å². The number of allylic oxidation sites excluding steroid dienone is 1. The van der Waals surface area contributed by atoms with Crippen LogP contribution in [0.2, 0.25) is 0 Å². The number of hydrogen-bond donors (Lipinski definition) is 0. The van der Waals surface area contributed by atoms with E-state index in [1.54, 1.807) is 13.1 Å². The number of aromatic nitrogens is 2. The molecule has 0 spiro atoms. The van der Waals surface area contributed by atoms with Crippen LogP contribution in [0.5, 0.6) is 0 Å². The van der Waals surface area contributed by atoms with Crippen LogP contribution in [0.1, 0.15) is 19.7 Å². The van der Waals surface area contributed by atoms with Crippen LogP contribution in [0.25, 0.3) is 0 Å². The molecule has 0 atom stereocenters. The number of ether oxygens (including phenoxy) is 1. The highest BCUT2D eigenvalue weighted by atomic mass is 16.5. The molecule has 0 fully saturated rings. The minimum atomic E-state index is -0.284. The van der Waals surface area contributed by atoms with Crippen molar-refractivity contribution in [1.29, 1.82) is 0 Å². The molecule has 1 aromatic rings. The second-order valence-electron chi connectivity index (χ2n) is 3.23. The molecule has 0 saturated carbocycles. The van der Waals surface area contributed by atoms with E-state index in [0.717, 1.165) is 12.2 Å². The summed E-state index contributed by atoms with van der Waals surface area (Å²) in [5.74, 6) is 0.733. The molecule has 1 rings (SSSR count). The van der Waals surface area contributed by atoms with Gasteiger partial charge in [-0.1, -0.05) is 13.0 Å². The highest BCUT2D eigenvalue weighted by molar-refractivity contribution is 5.87. The second kappa shape index (κ2) is 5.34. The second-order valence-corrected chi connectivity index (χ2v) is 3.23. The number of nitrogens with zero attached hydrogens (tertiary/aromatic N) is 2. The summed E-state index contributed by atoms with van der Waals surface area (Å²) in [7, 11) is 1.38. The van der Waals surface area contributed by atoms with Gasteiger partial charge in [0.15, 0.2) is 0 Å². The zero-order valence-electron chi connectivity index (χ0n) is 9.36. The smallest absolute Gasteiger partial charge is 0.333 e. The van der Waals surface area contributed by atoms with Crippen LogP contribution in [0.3, 0.4) is 0 Å². The van der Waals surface area contributed by atoms with E-state index in [9.17, 15) is 4.79 Å². The Bertz CT molecular complexity index is 366. The average Bonchev–Trinajstić information content (AvgIpc) is 2.71. The Morgan fingerprint density at radius 3 is 3.00 bits per heavy atom. The molecular weight excluding hydrogens is 192 g/mol. The summed E-state index contributed by atoms with van der Waals surface area (Å²) < 4.78 is 6.61. The van der Waals surface area contributed by atoms with Gasteiger partial charge >= 0.3 is 5.97 Å². The summed E-state index contributed by atoms with van der Waals surface area (Å²) in [6.45, 7) is 4.45. The summed E-state index contributed by atoms with van der Waals surface area (Å²) in [6.07, 6.45) is 6.39. The van der Waals surface area contributed by atoms with Crippen molar-refractivity contribution in [2.24, 2.45) is 0 Å². The van der Waals surface area contributed by atoms with E-state index < -0.39 is 0 Å². The number of imidazole rings is 1. The number of hydrogen-bond acceptors (Lipinski definition) is 3. The summed E-state index contributed by atoms with van der Waals surface area (Å²) in [4.78, 5) is 15.3. The molecule has 0 bridgehead atoms. The maximum absolute atomic E-state index is 11.1. The topological polar surface area (TPSA) is 44.1 Å². The van der Waals surface area contributed by atoms with Gasteiger partial charge < -0.3 is 9.30 Å². The van der Waals surface area contributed by atoms with Crippen molar-refractivity contribution in [3.63, 3.8) is 0 Å². The van der Waals surface area contributed by atoms with Gasteiger partial charge in [0.25, 0.3) is 0 Å². The van der Waals surface area contributed by atoms with Crippen molar-refractivity contribution in [3.05, 3.63) is 29.9 Å². The van der Waals surface area contributed by atoms with E-state index in [1.165, 1.54) is 7.11 Å². The Morgan fingerprint density at radius 2 is 2.40 bits per heavy atom. The molecule has 4 nitrogen and oxygen atoms in total. The van der Waals surface area contributed by atoms with Gasteiger partial charge in [0.2, 0.25) is 0 Å². The van der Waals surface area contributed by atoms with Crippen LogP contribution in [0, 0.1) is 0 Å². The lowest BCUT2D eigenvalue weighted by molar-refractivity contribution is -0.136. The van der Waals surface area contributed by atoms with Crippen molar-refractivity contribution >= 4 is 5.97 Å². The normalized spacial score (nSPS) is 11.5. The van der Waals surface area contributed by atoms with E-state index in [0.29, 0.717) is 12.1 Å². The minimum absolute atomic E-state index is 0.284. The third-order valence-electron chi connectivity index (χ3n) is 2.22. The molecule has 15 heavy (non-hydrogen) atoms. The molecule has 0 aliphatic rings. The molecule has 0 saturated heterocycles. The van der Waals surface area contributed by atoms with Gasteiger partial charge in [-0.05, 0) is 6.92 Å². The Morgan fingerprint density at radius 1 is 1.67 bits per heavy atom. The van der Waals surface area contributed by atoms with E-state index >= 15 is 0 Å². The predicted octanol–water partition coefficient (Wildman–Crippen LogP) is 1.56. The maximum Gasteiger partial charge on any atom is 0.333 e. The number of aryl methyl sites for hydroxylation is 1. The number of carbonyl (C=O) groups excluding carboxylic acids is 1. The molecule has 0 unspecified atom stereocenters. The predicted molar refractivity (Wildman–Crippen MR) is 57.4 cm³/mol.